The second-order valence-corrected chi connectivity index (χ2v) is 8.06. The maximum atomic E-state index is 13.4. The Balaban J connectivity index is 1.57. The quantitative estimate of drug-likeness (QED) is 0.289. The van der Waals surface area contributed by atoms with Gasteiger partial charge in [-0.05, 0) is 59.7 Å². The number of Topliss-reactive ketones (excluding diaryl/α,β-unsaturated/α-hetero) is 1. The molecule has 0 saturated heterocycles. The first-order chi connectivity index (χ1) is 16.5. The summed E-state index contributed by atoms with van der Waals surface area (Å²) in [4.78, 5) is 26.5. The number of fused-ring (bicyclic) bond motifs is 2. The van der Waals surface area contributed by atoms with Gasteiger partial charge in [0.25, 0.3) is 0 Å². The van der Waals surface area contributed by atoms with Crippen LogP contribution in [0.3, 0.4) is 0 Å². The van der Waals surface area contributed by atoms with Crippen LogP contribution in [0, 0.1) is 6.92 Å². The molecule has 0 aliphatic carbocycles. The summed E-state index contributed by atoms with van der Waals surface area (Å²) in [6.07, 6.45) is 0. The Kier molecular flexibility index (Phi) is 5.60. The average molecular weight is 450 g/mol. The monoisotopic (exact) mass is 450 g/mol. The molecule has 1 heterocycles. The van der Waals surface area contributed by atoms with Gasteiger partial charge in [-0.1, -0.05) is 48.5 Å². The van der Waals surface area contributed by atoms with Crippen LogP contribution < -0.4 is 14.9 Å². The molecule has 0 atom stereocenters. The van der Waals surface area contributed by atoms with Crippen molar-refractivity contribution in [3.63, 3.8) is 0 Å². The Morgan fingerprint density at radius 3 is 2.44 bits per heavy atom. The number of rotatable bonds is 6. The summed E-state index contributed by atoms with van der Waals surface area (Å²) < 4.78 is 17.3. The Bertz CT molecular complexity index is 1570. The Morgan fingerprint density at radius 2 is 1.65 bits per heavy atom. The third kappa shape index (κ3) is 3.92. The fraction of sp³-hybridized carbons (Fsp3) is 0.103. The van der Waals surface area contributed by atoms with E-state index in [1.807, 2.05) is 55.5 Å². The number of ether oxygens (including phenoxy) is 2. The van der Waals surface area contributed by atoms with Gasteiger partial charge in [0.15, 0.2) is 12.4 Å². The van der Waals surface area contributed by atoms with Crippen LogP contribution >= 0.6 is 0 Å². The molecule has 0 saturated carbocycles. The predicted octanol–water partition coefficient (Wildman–Crippen LogP) is 6.19. The number of hydrogen-bond acceptors (Lipinski definition) is 5. The Labute approximate surface area is 196 Å². The fourth-order valence-corrected chi connectivity index (χ4v) is 4.03. The lowest BCUT2D eigenvalue weighted by atomic mass is 10.0. The van der Waals surface area contributed by atoms with E-state index in [1.54, 1.807) is 43.5 Å². The highest BCUT2D eigenvalue weighted by atomic mass is 16.5. The molecule has 0 aliphatic heterocycles. The SMILES string of the molecule is COc1ccc(-c2oc3cc(C)ccc3c(=O)c2OCC(=O)c2cccc3ccccc23)cc1. The minimum absolute atomic E-state index is 0.00936. The van der Waals surface area contributed by atoms with Crippen molar-refractivity contribution in [3.8, 4) is 22.8 Å². The summed E-state index contributed by atoms with van der Waals surface area (Å²) in [5.41, 5.74) is 2.30. The van der Waals surface area contributed by atoms with E-state index in [9.17, 15) is 9.59 Å². The topological polar surface area (TPSA) is 65.7 Å². The lowest BCUT2D eigenvalue weighted by Gasteiger charge is -2.13. The molecule has 0 amide bonds. The molecule has 5 nitrogen and oxygen atoms in total. The van der Waals surface area contributed by atoms with E-state index in [4.69, 9.17) is 13.9 Å². The smallest absolute Gasteiger partial charge is 0.235 e. The van der Waals surface area contributed by atoms with Gasteiger partial charge in [-0.15, -0.1) is 0 Å². The predicted molar refractivity (Wildman–Crippen MR) is 133 cm³/mol. The van der Waals surface area contributed by atoms with Gasteiger partial charge in [-0.3, -0.25) is 9.59 Å². The minimum Gasteiger partial charge on any atom is -0.497 e. The van der Waals surface area contributed by atoms with E-state index >= 15 is 0 Å². The van der Waals surface area contributed by atoms with Crippen LogP contribution in [0.5, 0.6) is 11.5 Å². The number of carbonyl (C=O) groups excluding carboxylic acids is 1. The number of ketones is 1. The van der Waals surface area contributed by atoms with Gasteiger partial charge < -0.3 is 13.9 Å². The van der Waals surface area contributed by atoms with E-state index in [-0.39, 0.29) is 29.3 Å². The van der Waals surface area contributed by atoms with Gasteiger partial charge in [0.2, 0.25) is 17.0 Å². The fourth-order valence-electron chi connectivity index (χ4n) is 4.03. The highest BCUT2D eigenvalue weighted by Gasteiger charge is 2.20. The first-order valence-corrected chi connectivity index (χ1v) is 10.9. The highest BCUT2D eigenvalue weighted by molar-refractivity contribution is 6.08. The normalized spacial score (nSPS) is 11.0. The summed E-state index contributed by atoms with van der Waals surface area (Å²) in [6, 6.07) is 25.7. The number of hydrogen-bond donors (Lipinski definition) is 0. The molecule has 0 aliphatic rings. The second-order valence-electron chi connectivity index (χ2n) is 8.06. The molecule has 34 heavy (non-hydrogen) atoms. The van der Waals surface area contributed by atoms with Gasteiger partial charge >= 0.3 is 0 Å². The molecular weight excluding hydrogens is 428 g/mol. The van der Waals surface area contributed by atoms with E-state index in [0.717, 1.165) is 16.3 Å². The van der Waals surface area contributed by atoms with Gasteiger partial charge in [-0.2, -0.15) is 0 Å². The standard InChI is InChI=1S/C29H22O5/c1-18-10-15-24-26(16-18)34-28(20-11-13-21(32-2)14-12-20)29(27(24)31)33-17-25(30)23-9-5-7-19-6-3-4-8-22(19)23/h3-16H,17H2,1-2H3. The third-order valence-electron chi connectivity index (χ3n) is 5.80. The molecule has 0 unspecified atom stereocenters. The van der Waals surface area contributed by atoms with Gasteiger partial charge in [0.1, 0.15) is 11.3 Å². The van der Waals surface area contributed by atoms with Crippen LogP contribution in [0.15, 0.2) is 94.1 Å². The highest BCUT2D eigenvalue weighted by Crippen LogP contribution is 2.32. The molecule has 4 aromatic carbocycles. The van der Waals surface area contributed by atoms with E-state index in [2.05, 4.69) is 0 Å². The molecule has 168 valence electrons. The maximum Gasteiger partial charge on any atom is 0.235 e. The van der Waals surface area contributed by atoms with E-state index in [1.165, 1.54) is 0 Å². The zero-order valence-corrected chi connectivity index (χ0v) is 18.8. The van der Waals surface area contributed by atoms with Crippen LogP contribution in [-0.2, 0) is 0 Å². The number of methoxy groups -OCH3 is 1. The number of aryl methyl sites for hydroxylation is 1. The van der Waals surface area contributed by atoms with Crippen molar-refractivity contribution in [2.75, 3.05) is 13.7 Å². The summed E-state index contributed by atoms with van der Waals surface area (Å²) in [7, 11) is 1.58. The Morgan fingerprint density at radius 1 is 0.882 bits per heavy atom. The van der Waals surface area contributed by atoms with Crippen LogP contribution in [0.2, 0.25) is 0 Å². The van der Waals surface area contributed by atoms with Crippen molar-refractivity contribution >= 4 is 27.5 Å². The average Bonchev–Trinajstić information content (AvgIpc) is 2.87. The number of benzene rings is 4. The summed E-state index contributed by atoms with van der Waals surface area (Å²) in [5.74, 6) is 0.740. The van der Waals surface area contributed by atoms with Crippen LogP contribution in [-0.4, -0.2) is 19.5 Å². The van der Waals surface area contributed by atoms with Gasteiger partial charge in [0.05, 0.1) is 12.5 Å². The maximum absolute atomic E-state index is 13.4. The van der Waals surface area contributed by atoms with Crippen molar-refractivity contribution in [2.24, 2.45) is 0 Å². The molecule has 5 aromatic rings. The summed E-state index contributed by atoms with van der Waals surface area (Å²) >= 11 is 0. The molecule has 0 fully saturated rings. The summed E-state index contributed by atoms with van der Waals surface area (Å²) in [5, 5.41) is 2.21. The zero-order chi connectivity index (χ0) is 23.7. The van der Waals surface area contributed by atoms with Crippen molar-refractivity contribution < 1.29 is 18.7 Å². The summed E-state index contributed by atoms with van der Waals surface area (Å²) in [6.45, 7) is 1.64. The van der Waals surface area contributed by atoms with Crippen molar-refractivity contribution in [2.45, 2.75) is 6.92 Å². The van der Waals surface area contributed by atoms with E-state index < -0.39 is 0 Å². The molecule has 0 N–H and O–H groups in total. The molecule has 0 spiro atoms. The lowest BCUT2D eigenvalue weighted by Crippen LogP contribution is -2.17. The first-order valence-electron chi connectivity index (χ1n) is 10.9. The minimum atomic E-state index is -0.321. The van der Waals surface area contributed by atoms with Crippen LogP contribution in [0.25, 0.3) is 33.1 Å². The molecule has 0 radical (unpaired) electrons. The van der Waals surface area contributed by atoms with Crippen molar-refractivity contribution in [1.82, 2.24) is 0 Å². The third-order valence-corrected chi connectivity index (χ3v) is 5.80. The van der Waals surface area contributed by atoms with Crippen molar-refractivity contribution in [3.05, 3.63) is 106 Å². The largest absolute Gasteiger partial charge is 0.497 e. The van der Waals surface area contributed by atoms with Crippen molar-refractivity contribution in [1.29, 1.82) is 0 Å². The molecule has 5 heteroatoms. The zero-order valence-electron chi connectivity index (χ0n) is 18.8. The lowest BCUT2D eigenvalue weighted by molar-refractivity contribution is 0.0922. The molecule has 1 aromatic heterocycles. The van der Waals surface area contributed by atoms with Crippen LogP contribution in [0.4, 0.5) is 0 Å². The van der Waals surface area contributed by atoms with Gasteiger partial charge in [-0.25, -0.2) is 0 Å². The van der Waals surface area contributed by atoms with Crippen LogP contribution in [0.1, 0.15) is 15.9 Å². The van der Waals surface area contributed by atoms with Gasteiger partial charge in [0, 0.05) is 11.1 Å². The second kappa shape index (κ2) is 8.87. The first kappa shape index (κ1) is 21.5. The molecule has 0 bridgehead atoms. The number of carbonyl (C=O) groups is 1. The molecular formula is C29H22O5. The molecule has 5 rings (SSSR count). The van der Waals surface area contributed by atoms with E-state index in [0.29, 0.717) is 27.8 Å². The Hall–Kier alpha value is -4.38.